The third kappa shape index (κ3) is 2.36. The molecule has 0 spiro atoms. The molecule has 96 valence electrons. The van der Waals surface area contributed by atoms with E-state index < -0.39 is 17.4 Å². The average Bonchev–Trinajstić information content (AvgIpc) is 2.81. The van der Waals surface area contributed by atoms with Crippen LogP contribution in [0.3, 0.4) is 0 Å². The largest absolute Gasteiger partial charge is 0.481 e. The fraction of sp³-hybridized carbons (Fsp3) is 0.818. The first kappa shape index (κ1) is 12.2. The van der Waals surface area contributed by atoms with Crippen LogP contribution < -0.4 is 10.6 Å². The van der Waals surface area contributed by atoms with Crippen molar-refractivity contribution in [1.29, 1.82) is 0 Å². The lowest BCUT2D eigenvalue weighted by Gasteiger charge is -2.26. The van der Waals surface area contributed by atoms with Crippen molar-refractivity contribution in [1.82, 2.24) is 10.6 Å². The number of hydrogen-bond acceptors (Lipinski definition) is 3. The molecular formula is C11H18N2O4. The van der Waals surface area contributed by atoms with Crippen LogP contribution >= 0.6 is 0 Å². The van der Waals surface area contributed by atoms with Crippen LogP contribution in [0.4, 0.5) is 4.79 Å². The number of carboxylic acids is 1. The van der Waals surface area contributed by atoms with Crippen molar-refractivity contribution < 1.29 is 19.4 Å². The smallest absolute Gasteiger partial charge is 0.315 e. The van der Waals surface area contributed by atoms with Crippen LogP contribution in [0.15, 0.2) is 0 Å². The highest BCUT2D eigenvalue weighted by Gasteiger charge is 2.48. The molecule has 6 nitrogen and oxygen atoms in total. The van der Waals surface area contributed by atoms with Crippen molar-refractivity contribution >= 4 is 12.0 Å². The zero-order valence-corrected chi connectivity index (χ0v) is 10.1. The van der Waals surface area contributed by atoms with Gasteiger partial charge in [0.25, 0.3) is 0 Å². The summed E-state index contributed by atoms with van der Waals surface area (Å²) in [5.74, 6) is -0.946. The number of nitrogens with one attached hydrogen (secondary N) is 2. The van der Waals surface area contributed by atoms with E-state index in [-0.39, 0.29) is 24.8 Å². The van der Waals surface area contributed by atoms with Gasteiger partial charge in [-0.2, -0.15) is 0 Å². The maximum atomic E-state index is 11.7. The van der Waals surface area contributed by atoms with E-state index in [0.29, 0.717) is 0 Å². The quantitative estimate of drug-likeness (QED) is 0.665. The van der Waals surface area contributed by atoms with Gasteiger partial charge in [0.2, 0.25) is 0 Å². The number of urea groups is 1. The number of hydrogen-bond donors (Lipinski definition) is 3. The Balaban J connectivity index is 1.93. The molecule has 3 N–H and O–H groups in total. The topological polar surface area (TPSA) is 87.7 Å². The van der Waals surface area contributed by atoms with Gasteiger partial charge in [-0.15, -0.1) is 0 Å². The monoisotopic (exact) mass is 242 g/mol. The van der Waals surface area contributed by atoms with Gasteiger partial charge >= 0.3 is 12.0 Å². The summed E-state index contributed by atoms with van der Waals surface area (Å²) in [7, 11) is 0. The summed E-state index contributed by atoms with van der Waals surface area (Å²) in [6, 6.07) is -0.796. The van der Waals surface area contributed by atoms with E-state index in [0.717, 1.165) is 12.8 Å². The second-order valence-corrected chi connectivity index (χ2v) is 5.45. The van der Waals surface area contributed by atoms with Crippen LogP contribution in [0, 0.1) is 5.41 Å². The minimum atomic E-state index is -1.04. The molecule has 0 aromatic heterocycles. The van der Waals surface area contributed by atoms with E-state index in [1.165, 1.54) is 0 Å². The first-order chi connectivity index (χ1) is 7.86. The van der Waals surface area contributed by atoms with Crippen molar-refractivity contribution in [3.8, 4) is 0 Å². The molecule has 2 atom stereocenters. The number of aliphatic carboxylic acids is 1. The molecule has 2 amide bonds. The second kappa shape index (κ2) is 3.87. The fourth-order valence-electron chi connectivity index (χ4n) is 1.87. The van der Waals surface area contributed by atoms with Crippen molar-refractivity contribution in [2.75, 3.05) is 13.2 Å². The zero-order valence-electron chi connectivity index (χ0n) is 10.1. The Kier molecular flexibility index (Phi) is 2.77. The predicted octanol–water partition coefficient (Wildman–Crippen LogP) is 0.328. The maximum absolute atomic E-state index is 11.7. The normalized spacial score (nSPS) is 34.1. The summed E-state index contributed by atoms with van der Waals surface area (Å²) in [4.78, 5) is 22.9. The molecule has 1 aliphatic heterocycles. The van der Waals surface area contributed by atoms with Crippen LogP contribution in [0.1, 0.15) is 26.7 Å². The number of ether oxygens (including phenoxy) is 1. The predicted molar refractivity (Wildman–Crippen MR) is 59.7 cm³/mol. The SMILES string of the molecule is CC1(NC(=O)NC2COCC2(C)C(=O)O)CC1. The van der Waals surface area contributed by atoms with Crippen molar-refractivity contribution in [2.24, 2.45) is 5.41 Å². The Morgan fingerprint density at radius 2 is 2.00 bits per heavy atom. The molecule has 2 fully saturated rings. The Morgan fingerprint density at radius 3 is 2.53 bits per heavy atom. The van der Waals surface area contributed by atoms with Crippen LogP contribution in [-0.2, 0) is 9.53 Å². The molecule has 2 unspecified atom stereocenters. The molecule has 17 heavy (non-hydrogen) atoms. The number of rotatable bonds is 3. The number of carbonyl (C=O) groups excluding carboxylic acids is 1. The molecule has 0 radical (unpaired) electrons. The zero-order chi connectivity index (χ0) is 12.7. The van der Waals surface area contributed by atoms with Gasteiger partial charge in [0.15, 0.2) is 0 Å². The van der Waals surface area contributed by atoms with Crippen LogP contribution in [0.2, 0.25) is 0 Å². The third-order valence-corrected chi connectivity index (χ3v) is 3.66. The van der Waals surface area contributed by atoms with E-state index in [1.807, 2.05) is 6.92 Å². The van der Waals surface area contributed by atoms with E-state index in [1.54, 1.807) is 6.92 Å². The molecule has 1 saturated heterocycles. The lowest BCUT2D eigenvalue weighted by molar-refractivity contribution is -0.148. The Bertz CT molecular complexity index is 353. The van der Waals surface area contributed by atoms with E-state index in [2.05, 4.69) is 10.6 Å². The number of carboxylic acid groups (broad SMARTS) is 1. The van der Waals surface area contributed by atoms with E-state index in [9.17, 15) is 9.59 Å². The third-order valence-electron chi connectivity index (χ3n) is 3.66. The molecule has 1 heterocycles. The summed E-state index contributed by atoms with van der Waals surface area (Å²) in [5, 5.41) is 14.7. The first-order valence-corrected chi connectivity index (χ1v) is 5.76. The van der Waals surface area contributed by atoms with Crippen molar-refractivity contribution in [3.63, 3.8) is 0 Å². The van der Waals surface area contributed by atoms with E-state index >= 15 is 0 Å². The van der Waals surface area contributed by atoms with Gasteiger partial charge in [0, 0.05) is 5.54 Å². The Hall–Kier alpha value is -1.30. The summed E-state index contributed by atoms with van der Waals surface area (Å²) >= 11 is 0. The standard InChI is InChI=1S/C11H18N2O4/c1-10(3-4-10)13-9(16)12-7-5-17-6-11(7,2)8(14)15/h7H,3-6H2,1-2H3,(H,14,15)(H2,12,13,16). The van der Waals surface area contributed by atoms with Gasteiger partial charge in [-0.25, -0.2) is 4.79 Å². The highest BCUT2D eigenvalue weighted by molar-refractivity contribution is 5.80. The first-order valence-electron chi connectivity index (χ1n) is 5.76. The molecule has 1 aliphatic carbocycles. The summed E-state index contributed by atoms with van der Waals surface area (Å²) in [6.45, 7) is 3.93. The molecule has 1 saturated carbocycles. The number of amides is 2. The van der Waals surface area contributed by atoms with Gasteiger partial charge in [-0.1, -0.05) is 0 Å². The maximum Gasteiger partial charge on any atom is 0.315 e. The summed E-state index contributed by atoms with van der Waals surface area (Å²) in [6.07, 6.45) is 1.94. The minimum Gasteiger partial charge on any atom is -0.481 e. The molecule has 6 heteroatoms. The lowest BCUT2D eigenvalue weighted by Crippen LogP contribution is -2.54. The highest BCUT2D eigenvalue weighted by atomic mass is 16.5. The average molecular weight is 242 g/mol. The van der Waals surface area contributed by atoms with Crippen LogP contribution in [-0.4, -0.2) is 41.9 Å². The minimum absolute atomic E-state index is 0.108. The lowest BCUT2D eigenvalue weighted by atomic mass is 9.85. The Labute approximate surface area is 99.7 Å². The highest BCUT2D eigenvalue weighted by Crippen LogP contribution is 2.34. The summed E-state index contributed by atoms with van der Waals surface area (Å²) in [5.41, 5.74) is -1.15. The van der Waals surface area contributed by atoms with Gasteiger partial charge in [-0.3, -0.25) is 4.79 Å². The fourth-order valence-corrected chi connectivity index (χ4v) is 1.87. The summed E-state index contributed by atoms with van der Waals surface area (Å²) < 4.78 is 5.16. The molecule has 0 aromatic rings. The van der Waals surface area contributed by atoms with Gasteiger partial charge < -0.3 is 20.5 Å². The van der Waals surface area contributed by atoms with Crippen molar-refractivity contribution in [3.05, 3.63) is 0 Å². The molecular weight excluding hydrogens is 224 g/mol. The number of carbonyl (C=O) groups is 2. The molecule has 0 aromatic carbocycles. The van der Waals surface area contributed by atoms with Gasteiger partial charge in [-0.05, 0) is 26.7 Å². The van der Waals surface area contributed by atoms with Gasteiger partial charge in [0.1, 0.15) is 5.41 Å². The van der Waals surface area contributed by atoms with Crippen LogP contribution in [0.5, 0.6) is 0 Å². The Morgan fingerprint density at radius 1 is 1.35 bits per heavy atom. The molecule has 2 aliphatic rings. The van der Waals surface area contributed by atoms with Gasteiger partial charge in [0.05, 0.1) is 19.3 Å². The van der Waals surface area contributed by atoms with Crippen molar-refractivity contribution in [2.45, 2.75) is 38.3 Å². The molecule has 0 bridgehead atoms. The second-order valence-electron chi connectivity index (χ2n) is 5.45. The molecule has 2 rings (SSSR count). The van der Waals surface area contributed by atoms with Crippen LogP contribution in [0.25, 0.3) is 0 Å². The van der Waals surface area contributed by atoms with E-state index in [4.69, 9.17) is 9.84 Å².